The molecule has 0 unspecified atom stereocenters. The third-order valence-electron chi connectivity index (χ3n) is 6.32. The Balaban J connectivity index is 1.73. The molecule has 1 fully saturated rings. The number of hydrogen-bond donors (Lipinski definition) is 1. The summed E-state index contributed by atoms with van der Waals surface area (Å²) in [6, 6.07) is 12.0. The Morgan fingerprint density at radius 1 is 0.886 bits per heavy atom. The summed E-state index contributed by atoms with van der Waals surface area (Å²) in [6.07, 6.45) is 5.39. The minimum absolute atomic E-state index is 0.151. The molecule has 3 rings (SSSR count). The Kier molecular flexibility index (Phi) is 9.64. The zero-order valence-corrected chi connectivity index (χ0v) is 21.0. The van der Waals surface area contributed by atoms with Crippen molar-refractivity contribution in [3.05, 3.63) is 48.0 Å². The molecule has 0 bridgehead atoms. The Hall–Kier alpha value is -3.42. The highest BCUT2D eigenvalue weighted by Crippen LogP contribution is 2.27. The molecule has 1 saturated carbocycles. The van der Waals surface area contributed by atoms with Gasteiger partial charge >= 0.3 is 0 Å². The van der Waals surface area contributed by atoms with Crippen molar-refractivity contribution in [2.75, 3.05) is 27.9 Å². The first-order chi connectivity index (χ1) is 16.9. The minimum atomic E-state index is -0.657. The number of nitrogens with one attached hydrogen (secondary N) is 1. The fraction of sp³-hybridized carbons (Fsp3) is 0.481. The Bertz CT molecular complexity index is 950. The number of methoxy groups -OCH3 is 3. The van der Waals surface area contributed by atoms with Crippen molar-refractivity contribution in [1.82, 2.24) is 10.2 Å². The minimum Gasteiger partial charge on any atom is -0.497 e. The van der Waals surface area contributed by atoms with E-state index in [-0.39, 0.29) is 31.0 Å². The molecule has 0 radical (unpaired) electrons. The third kappa shape index (κ3) is 7.53. The number of benzene rings is 2. The molecule has 1 aliphatic carbocycles. The first-order valence-corrected chi connectivity index (χ1v) is 12.0. The summed E-state index contributed by atoms with van der Waals surface area (Å²) in [5.41, 5.74) is 0.888. The van der Waals surface area contributed by atoms with Crippen molar-refractivity contribution in [3.8, 4) is 23.0 Å². The van der Waals surface area contributed by atoms with Gasteiger partial charge < -0.3 is 29.2 Å². The summed E-state index contributed by atoms with van der Waals surface area (Å²) in [5, 5.41) is 3.14. The molecule has 2 amide bonds. The van der Waals surface area contributed by atoms with E-state index >= 15 is 0 Å². The van der Waals surface area contributed by atoms with Crippen molar-refractivity contribution in [2.24, 2.45) is 0 Å². The lowest BCUT2D eigenvalue weighted by Crippen LogP contribution is -2.51. The molecule has 1 aliphatic rings. The lowest BCUT2D eigenvalue weighted by atomic mass is 9.95. The molecular weight excluding hydrogens is 448 g/mol. The molecule has 0 saturated heterocycles. The maximum atomic E-state index is 13.3. The largest absolute Gasteiger partial charge is 0.497 e. The van der Waals surface area contributed by atoms with Gasteiger partial charge in [-0.3, -0.25) is 9.59 Å². The highest BCUT2D eigenvalue weighted by molar-refractivity contribution is 5.88. The van der Waals surface area contributed by atoms with Crippen molar-refractivity contribution in [3.63, 3.8) is 0 Å². The average Bonchev–Trinajstić information content (AvgIpc) is 2.90. The van der Waals surface area contributed by atoms with Gasteiger partial charge in [0.15, 0.2) is 6.61 Å². The standard InChI is InChI=1S/C27H36N2O6/c1-19(27(31)28-21-8-6-5-7-9-21)29(17-20-10-12-22(32-2)13-11-20)26(30)18-35-25-15-23(33-3)14-24(16-25)34-4/h10-16,19,21H,5-9,17-18H2,1-4H3,(H,28,31)/t19-/m0/s1. The van der Waals surface area contributed by atoms with E-state index in [2.05, 4.69) is 5.32 Å². The SMILES string of the molecule is COc1ccc(CN(C(=O)COc2cc(OC)cc(OC)c2)[C@@H](C)C(=O)NC2CCCCC2)cc1. The van der Waals surface area contributed by atoms with E-state index in [1.54, 1.807) is 51.4 Å². The van der Waals surface area contributed by atoms with Gasteiger partial charge in [0, 0.05) is 30.8 Å². The molecule has 190 valence electrons. The molecule has 8 nitrogen and oxygen atoms in total. The normalized spacial score (nSPS) is 14.5. The van der Waals surface area contributed by atoms with Crippen LogP contribution in [0.4, 0.5) is 0 Å². The number of carbonyl (C=O) groups excluding carboxylic acids is 2. The fourth-order valence-electron chi connectivity index (χ4n) is 4.17. The third-order valence-corrected chi connectivity index (χ3v) is 6.32. The van der Waals surface area contributed by atoms with E-state index in [1.807, 2.05) is 24.3 Å². The van der Waals surface area contributed by atoms with E-state index in [0.29, 0.717) is 17.2 Å². The van der Waals surface area contributed by atoms with Gasteiger partial charge in [-0.25, -0.2) is 0 Å². The van der Waals surface area contributed by atoms with Crippen LogP contribution >= 0.6 is 0 Å². The topological polar surface area (TPSA) is 86.3 Å². The number of nitrogens with zero attached hydrogens (tertiary/aromatic N) is 1. The van der Waals surface area contributed by atoms with Crippen LogP contribution in [-0.4, -0.2) is 56.7 Å². The van der Waals surface area contributed by atoms with E-state index in [9.17, 15) is 9.59 Å². The quantitative estimate of drug-likeness (QED) is 0.520. The summed E-state index contributed by atoms with van der Waals surface area (Å²) in [7, 11) is 4.70. The molecule has 1 N–H and O–H groups in total. The zero-order chi connectivity index (χ0) is 25.2. The lowest BCUT2D eigenvalue weighted by Gasteiger charge is -2.31. The van der Waals surface area contributed by atoms with Gasteiger partial charge in [0.25, 0.3) is 5.91 Å². The smallest absolute Gasteiger partial charge is 0.261 e. The van der Waals surface area contributed by atoms with Crippen LogP contribution in [0.15, 0.2) is 42.5 Å². The summed E-state index contributed by atoms with van der Waals surface area (Å²) in [5.74, 6) is 1.84. The molecule has 0 aliphatic heterocycles. The van der Waals surface area contributed by atoms with Crippen LogP contribution in [0.25, 0.3) is 0 Å². The fourth-order valence-corrected chi connectivity index (χ4v) is 4.17. The van der Waals surface area contributed by atoms with Crippen LogP contribution < -0.4 is 24.3 Å². The van der Waals surface area contributed by atoms with E-state index < -0.39 is 6.04 Å². The first-order valence-electron chi connectivity index (χ1n) is 12.0. The van der Waals surface area contributed by atoms with Crippen LogP contribution in [0.2, 0.25) is 0 Å². The van der Waals surface area contributed by atoms with Gasteiger partial charge in [-0.05, 0) is 37.5 Å². The monoisotopic (exact) mass is 484 g/mol. The highest BCUT2D eigenvalue weighted by Gasteiger charge is 2.28. The van der Waals surface area contributed by atoms with Crippen LogP contribution in [0.5, 0.6) is 23.0 Å². The van der Waals surface area contributed by atoms with Crippen molar-refractivity contribution in [2.45, 2.75) is 57.7 Å². The van der Waals surface area contributed by atoms with Gasteiger partial charge in [-0.1, -0.05) is 31.4 Å². The van der Waals surface area contributed by atoms with Crippen molar-refractivity contribution >= 4 is 11.8 Å². The Morgan fingerprint density at radius 2 is 1.46 bits per heavy atom. The Labute approximate surface area is 207 Å². The van der Waals surface area contributed by atoms with Crippen LogP contribution in [-0.2, 0) is 16.1 Å². The molecule has 0 spiro atoms. The molecule has 35 heavy (non-hydrogen) atoms. The van der Waals surface area contributed by atoms with Gasteiger partial charge in [0.2, 0.25) is 5.91 Å². The van der Waals surface area contributed by atoms with Gasteiger partial charge in [-0.2, -0.15) is 0 Å². The van der Waals surface area contributed by atoms with Gasteiger partial charge in [-0.15, -0.1) is 0 Å². The Morgan fingerprint density at radius 3 is 2.03 bits per heavy atom. The van der Waals surface area contributed by atoms with Crippen molar-refractivity contribution < 1.29 is 28.5 Å². The number of rotatable bonds is 11. The predicted molar refractivity (Wildman–Crippen MR) is 133 cm³/mol. The summed E-state index contributed by atoms with van der Waals surface area (Å²) in [6.45, 7) is 1.80. The maximum absolute atomic E-state index is 13.3. The first kappa shape index (κ1) is 26.2. The second-order valence-corrected chi connectivity index (χ2v) is 8.73. The van der Waals surface area contributed by atoms with E-state index in [4.69, 9.17) is 18.9 Å². The highest BCUT2D eigenvalue weighted by atomic mass is 16.5. The van der Waals surface area contributed by atoms with E-state index in [1.165, 1.54) is 6.42 Å². The van der Waals surface area contributed by atoms with E-state index in [0.717, 1.165) is 37.0 Å². The second-order valence-electron chi connectivity index (χ2n) is 8.73. The number of hydrogen-bond acceptors (Lipinski definition) is 6. The second kappa shape index (κ2) is 12.9. The maximum Gasteiger partial charge on any atom is 0.261 e. The molecule has 0 aromatic heterocycles. The summed E-state index contributed by atoms with van der Waals surface area (Å²) >= 11 is 0. The number of amides is 2. The zero-order valence-electron chi connectivity index (χ0n) is 21.0. The lowest BCUT2D eigenvalue weighted by molar-refractivity contribution is -0.142. The number of carbonyl (C=O) groups is 2. The molecule has 2 aromatic rings. The molecular formula is C27H36N2O6. The average molecular weight is 485 g/mol. The summed E-state index contributed by atoms with van der Waals surface area (Å²) in [4.78, 5) is 28.0. The summed E-state index contributed by atoms with van der Waals surface area (Å²) < 4.78 is 21.6. The van der Waals surface area contributed by atoms with Gasteiger partial charge in [0.1, 0.15) is 29.0 Å². The van der Waals surface area contributed by atoms with Crippen LogP contribution in [0, 0.1) is 0 Å². The number of ether oxygens (including phenoxy) is 4. The predicted octanol–water partition coefficient (Wildman–Crippen LogP) is 3.96. The molecule has 0 heterocycles. The molecule has 1 atom stereocenters. The van der Waals surface area contributed by atoms with Crippen LogP contribution in [0.3, 0.4) is 0 Å². The van der Waals surface area contributed by atoms with Gasteiger partial charge in [0.05, 0.1) is 21.3 Å². The van der Waals surface area contributed by atoms with Crippen molar-refractivity contribution in [1.29, 1.82) is 0 Å². The molecule has 2 aromatic carbocycles. The molecule has 8 heteroatoms. The van der Waals surface area contributed by atoms with Crippen LogP contribution in [0.1, 0.15) is 44.6 Å².